The van der Waals surface area contributed by atoms with Crippen molar-refractivity contribution in [3.8, 4) is 0 Å². The van der Waals surface area contributed by atoms with Gasteiger partial charge in [-0.15, -0.1) is 24.0 Å². The molecule has 1 heterocycles. The summed E-state index contributed by atoms with van der Waals surface area (Å²) < 4.78 is 16.8. The molecule has 0 amide bonds. The van der Waals surface area contributed by atoms with Crippen molar-refractivity contribution in [2.24, 2.45) is 4.99 Å². The first-order valence-electron chi connectivity index (χ1n) is 10.7. The predicted octanol–water partition coefficient (Wildman–Crippen LogP) is 3.39. The topological polar surface area (TPSA) is 64.1 Å². The molecule has 1 atom stereocenters. The molecule has 0 aliphatic carbocycles. The van der Waals surface area contributed by atoms with Crippen LogP contribution in [0.1, 0.15) is 38.2 Å². The van der Waals surface area contributed by atoms with E-state index in [1.54, 1.807) is 0 Å². The van der Waals surface area contributed by atoms with Crippen molar-refractivity contribution in [3.63, 3.8) is 0 Å². The zero-order chi connectivity index (χ0) is 19.7. The number of nitrogens with one attached hydrogen (secondary N) is 2. The van der Waals surface area contributed by atoms with Gasteiger partial charge >= 0.3 is 0 Å². The maximum atomic E-state index is 5.77. The van der Waals surface area contributed by atoms with Gasteiger partial charge in [0.2, 0.25) is 0 Å². The van der Waals surface area contributed by atoms with Gasteiger partial charge in [-0.1, -0.05) is 30.3 Å². The van der Waals surface area contributed by atoms with E-state index < -0.39 is 0 Å². The lowest BCUT2D eigenvalue weighted by molar-refractivity contribution is 0.0424. The molecule has 0 aromatic heterocycles. The fourth-order valence-electron chi connectivity index (χ4n) is 2.96. The highest BCUT2D eigenvalue weighted by Crippen LogP contribution is 2.08. The third kappa shape index (κ3) is 13.1. The molecule has 29 heavy (non-hydrogen) atoms. The van der Waals surface area contributed by atoms with E-state index in [9.17, 15) is 0 Å². The van der Waals surface area contributed by atoms with E-state index in [-0.39, 0.29) is 30.1 Å². The van der Waals surface area contributed by atoms with Gasteiger partial charge in [0.25, 0.3) is 0 Å². The molecule has 7 heteroatoms. The average molecular weight is 519 g/mol. The van der Waals surface area contributed by atoms with Crippen molar-refractivity contribution in [1.29, 1.82) is 0 Å². The van der Waals surface area contributed by atoms with Crippen molar-refractivity contribution >= 4 is 29.9 Å². The molecule has 1 unspecified atom stereocenters. The summed E-state index contributed by atoms with van der Waals surface area (Å²) in [6.07, 6.45) is 5.34. The smallest absolute Gasteiger partial charge is 0.191 e. The minimum absolute atomic E-state index is 0. The van der Waals surface area contributed by atoms with Crippen LogP contribution >= 0.6 is 24.0 Å². The summed E-state index contributed by atoms with van der Waals surface area (Å²) in [7, 11) is 0. The number of halogens is 1. The lowest BCUT2D eigenvalue weighted by Crippen LogP contribution is -2.38. The van der Waals surface area contributed by atoms with Crippen LogP contribution < -0.4 is 10.6 Å². The minimum Gasteiger partial charge on any atom is -0.381 e. The standard InChI is InChI=1S/C22H37N3O3.HI/c1-2-23-22(25-14-8-16-28-21-12-18-27-19-21)24-13-6-7-15-26-17-11-20-9-4-3-5-10-20;/h3-5,9-10,21H,2,6-8,11-19H2,1H3,(H2,23,24,25);1H. The number of aliphatic imine (C=N–C) groups is 1. The molecular weight excluding hydrogens is 481 g/mol. The Morgan fingerprint density at radius 2 is 1.97 bits per heavy atom. The largest absolute Gasteiger partial charge is 0.381 e. The Kier molecular flexibility index (Phi) is 16.1. The van der Waals surface area contributed by atoms with E-state index in [2.05, 4.69) is 46.8 Å². The van der Waals surface area contributed by atoms with E-state index >= 15 is 0 Å². The number of ether oxygens (including phenoxy) is 3. The SMILES string of the molecule is CCNC(=NCCCOC1CCOC1)NCCCCOCCc1ccccc1.I. The quantitative estimate of drug-likeness (QED) is 0.171. The molecule has 2 N–H and O–H groups in total. The Bertz CT molecular complexity index is 525. The first-order valence-corrected chi connectivity index (χ1v) is 10.7. The zero-order valence-corrected chi connectivity index (χ0v) is 20.1. The number of rotatable bonds is 14. The molecule has 1 aromatic carbocycles. The lowest BCUT2D eigenvalue weighted by Gasteiger charge is -2.12. The molecular formula is C22H38IN3O3. The Morgan fingerprint density at radius 1 is 1.10 bits per heavy atom. The fourth-order valence-corrected chi connectivity index (χ4v) is 2.96. The van der Waals surface area contributed by atoms with Crippen LogP contribution in [0.25, 0.3) is 0 Å². The van der Waals surface area contributed by atoms with E-state index in [0.29, 0.717) is 0 Å². The van der Waals surface area contributed by atoms with Gasteiger partial charge in [-0.25, -0.2) is 0 Å². The van der Waals surface area contributed by atoms with E-state index in [1.165, 1.54) is 5.56 Å². The van der Waals surface area contributed by atoms with Gasteiger partial charge in [0.15, 0.2) is 5.96 Å². The van der Waals surface area contributed by atoms with Crippen molar-refractivity contribution in [2.75, 3.05) is 52.7 Å². The van der Waals surface area contributed by atoms with Crippen LogP contribution in [-0.4, -0.2) is 64.7 Å². The molecule has 1 aliphatic heterocycles. The summed E-state index contributed by atoms with van der Waals surface area (Å²) in [6, 6.07) is 10.5. The number of hydrogen-bond acceptors (Lipinski definition) is 4. The highest BCUT2D eigenvalue weighted by atomic mass is 127. The third-order valence-corrected chi connectivity index (χ3v) is 4.54. The number of guanidine groups is 1. The van der Waals surface area contributed by atoms with Gasteiger partial charge in [-0.05, 0) is 44.6 Å². The second kappa shape index (κ2) is 17.9. The van der Waals surface area contributed by atoms with Crippen LogP contribution in [0.2, 0.25) is 0 Å². The number of benzene rings is 1. The van der Waals surface area contributed by atoms with Crippen LogP contribution in [0.4, 0.5) is 0 Å². The average Bonchev–Trinajstić information content (AvgIpc) is 3.24. The van der Waals surface area contributed by atoms with Crippen LogP contribution in [0, 0.1) is 0 Å². The van der Waals surface area contributed by atoms with E-state index in [0.717, 1.165) is 90.7 Å². The molecule has 6 nitrogen and oxygen atoms in total. The molecule has 166 valence electrons. The molecule has 1 fully saturated rings. The molecule has 0 spiro atoms. The van der Waals surface area contributed by atoms with Gasteiger partial charge in [0, 0.05) is 39.5 Å². The summed E-state index contributed by atoms with van der Waals surface area (Å²) in [6.45, 7) is 8.54. The van der Waals surface area contributed by atoms with Crippen LogP contribution in [0.5, 0.6) is 0 Å². The Morgan fingerprint density at radius 3 is 2.72 bits per heavy atom. The third-order valence-electron chi connectivity index (χ3n) is 4.54. The summed E-state index contributed by atoms with van der Waals surface area (Å²) in [5, 5.41) is 6.68. The van der Waals surface area contributed by atoms with Crippen molar-refractivity contribution < 1.29 is 14.2 Å². The number of unbranched alkanes of at least 4 members (excludes halogenated alkanes) is 1. The summed E-state index contributed by atoms with van der Waals surface area (Å²) in [4.78, 5) is 4.61. The Hall–Kier alpha value is -0.900. The number of hydrogen-bond donors (Lipinski definition) is 2. The summed E-state index contributed by atoms with van der Waals surface area (Å²) in [5.41, 5.74) is 1.33. The summed E-state index contributed by atoms with van der Waals surface area (Å²) in [5.74, 6) is 0.886. The molecule has 1 aliphatic rings. The van der Waals surface area contributed by atoms with Gasteiger partial charge in [-0.3, -0.25) is 4.99 Å². The maximum Gasteiger partial charge on any atom is 0.191 e. The number of nitrogens with zero attached hydrogens (tertiary/aromatic N) is 1. The Labute approximate surface area is 193 Å². The van der Waals surface area contributed by atoms with Gasteiger partial charge in [-0.2, -0.15) is 0 Å². The van der Waals surface area contributed by atoms with Crippen LogP contribution in [-0.2, 0) is 20.6 Å². The second-order valence-electron chi connectivity index (χ2n) is 6.95. The molecule has 0 bridgehead atoms. The normalized spacial score (nSPS) is 16.4. The van der Waals surface area contributed by atoms with Crippen molar-refractivity contribution in [1.82, 2.24) is 10.6 Å². The molecule has 2 rings (SSSR count). The molecule has 0 radical (unpaired) electrons. The fraction of sp³-hybridized carbons (Fsp3) is 0.682. The monoisotopic (exact) mass is 519 g/mol. The first-order chi connectivity index (χ1) is 13.9. The molecule has 1 aromatic rings. The zero-order valence-electron chi connectivity index (χ0n) is 17.7. The highest BCUT2D eigenvalue weighted by molar-refractivity contribution is 14.0. The predicted molar refractivity (Wildman–Crippen MR) is 129 cm³/mol. The second-order valence-corrected chi connectivity index (χ2v) is 6.95. The van der Waals surface area contributed by atoms with Crippen LogP contribution in [0.3, 0.4) is 0 Å². The van der Waals surface area contributed by atoms with E-state index in [4.69, 9.17) is 14.2 Å². The highest BCUT2D eigenvalue weighted by Gasteiger charge is 2.15. The summed E-state index contributed by atoms with van der Waals surface area (Å²) >= 11 is 0. The van der Waals surface area contributed by atoms with E-state index in [1.807, 2.05) is 6.07 Å². The lowest BCUT2D eigenvalue weighted by atomic mass is 10.2. The molecule has 1 saturated heterocycles. The Balaban J connectivity index is 0.00000420. The van der Waals surface area contributed by atoms with Crippen molar-refractivity contribution in [3.05, 3.63) is 35.9 Å². The van der Waals surface area contributed by atoms with Gasteiger partial charge in [0.05, 0.1) is 19.3 Å². The van der Waals surface area contributed by atoms with Gasteiger partial charge in [0.1, 0.15) is 0 Å². The van der Waals surface area contributed by atoms with Gasteiger partial charge < -0.3 is 24.8 Å². The molecule has 0 saturated carbocycles. The first kappa shape index (κ1) is 26.1. The minimum atomic E-state index is 0. The van der Waals surface area contributed by atoms with Crippen LogP contribution in [0.15, 0.2) is 35.3 Å². The maximum absolute atomic E-state index is 5.77. The van der Waals surface area contributed by atoms with Crippen molar-refractivity contribution in [2.45, 2.75) is 45.1 Å².